The number of rotatable bonds is 3. The van der Waals surface area contributed by atoms with E-state index in [1.54, 1.807) is 6.92 Å². The van der Waals surface area contributed by atoms with Crippen molar-refractivity contribution in [2.24, 2.45) is 10.8 Å². The van der Waals surface area contributed by atoms with Crippen LogP contribution in [0.25, 0.3) is 0 Å². The van der Waals surface area contributed by atoms with E-state index < -0.39 is 73.8 Å². The molecule has 0 aliphatic carbocycles. The first kappa shape index (κ1) is 43.4. The first-order chi connectivity index (χ1) is 24.6. The minimum absolute atomic E-state index is 0.00843. The molecule has 0 atom stereocenters. The molecular weight excluding hydrogens is 712 g/mol. The standard InChI is InChI=1S/C26H29F4NO4.C18H29NO/c1-10-12(22(33)13-14(23(34)35)17(28)19(30)18(29)16(13)27)21(32)11(2)20-15(10)24(3,4)25(5,6)26(7,8)31(20)9;1-11-10-13(20)12(2)15-14(11)16(3,4)17(5,6)18(7,8)19(15)9/h32H,1-9H3,(H,34,35);10,20H,1-9H3. The molecule has 7 nitrogen and oxygen atoms in total. The fourth-order valence-electron chi connectivity index (χ4n) is 9.24. The molecule has 0 bridgehead atoms. The minimum atomic E-state index is -2.34. The molecule has 0 fully saturated rings. The van der Waals surface area contributed by atoms with E-state index >= 15 is 0 Å². The van der Waals surface area contributed by atoms with E-state index in [1.165, 1.54) is 23.7 Å². The molecule has 0 spiro atoms. The second kappa shape index (κ2) is 12.9. The number of hydrogen-bond donors (Lipinski definition) is 3. The summed E-state index contributed by atoms with van der Waals surface area (Å²) in [6.07, 6.45) is 0. The van der Waals surface area contributed by atoms with Gasteiger partial charge in [0.1, 0.15) is 17.1 Å². The summed E-state index contributed by atoms with van der Waals surface area (Å²) in [4.78, 5) is 29.5. The predicted octanol–water partition coefficient (Wildman–Crippen LogP) is 10.6. The largest absolute Gasteiger partial charge is 0.508 e. The zero-order valence-corrected chi connectivity index (χ0v) is 35.6. The Hall–Kier alpha value is -4.28. The number of anilines is 2. The van der Waals surface area contributed by atoms with Gasteiger partial charge in [-0.3, -0.25) is 4.79 Å². The van der Waals surface area contributed by atoms with E-state index in [-0.39, 0.29) is 27.5 Å². The van der Waals surface area contributed by atoms with Crippen molar-refractivity contribution in [2.45, 2.75) is 133 Å². The Bertz CT molecular complexity index is 2160. The third kappa shape index (κ3) is 5.48. The van der Waals surface area contributed by atoms with Crippen LogP contribution in [0.4, 0.5) is 28.9 Å². The van der Waals surface area contributed by atoms with Crippen LogP contribution in [0.3, 0.4) is 0 Å². The molecular formula is C44H58F4N2O5. The Balaban J connectivity index is 0.000000284. The number of nitrogens with zero attached hydrogens (tertiary/aromatic N) is 2. The molecule has 0 aromatic heterocycles. The number of phenols is 2. The number of halogens is 4. The Kier molecular flexibility index (Phi) is 10.2. The fraction of sp³-hybridized carbons (Fsp3) is 0.545. The van der Waals surface area contributed by atoms with Crippen molar-refractivity contribution in [1.29, 1.82) is 0 Å². The summed E-state index contributed by atoms with van der Waals surface area (Å²) >= 11 is 0. The molecule has 0 amide bonds. The van der Waals surface area contributed by atoms with Gasteiger partial charge >= 0.3 is 5.97 Å². The number of carbonyl (C=O) groups excluding carboxylic acids is 1. The van der Waals surface area contributed by atoms with Crippen LogP contribution in [0.2, 0.25) is 0 Å². The quantitative estimate of drug-likeness (QED) is 0.106. The van der Waals surface area contributed by atoms with Crippen molar-refractivity contribution in [1.82, 2.24) is 0 Å². The zero-order valence-electron chi connectivity index (χ0n) is 35.6. The van der Waals surface area contributed by atoms with Crippen LogP contribution < -0.4 is 9.80 Å². The van der Waals surface area contributed by atoms with Crippen LogP contribution in [0.15, 0.2) is 6.07 Å². The van der Waals surface area contributed by atoms with Crippen LogP contribution in [0.1, 0.15) is 143 Å². The average molecular weight is 771 g/mol. The van der Waals surface area contributed by atoms with Gasteiger partial charge < -0.3 is 25.1 Å². The molecule has 3 aromatic carbocycles. The van der Waals surface area contributed by atoms with Crippen LogP contribution in [-0.2, 0) is 10.8 Å². The molecule has 0 saturated heterocycles. The monoisotopic (exact) mass is 770 g/mol. The van der Waals surface area contributed by atoms with E-state index in [0.717, 1.165) is 5.56 Å². The van der Waals surface area contributed by atoms with Gasteiger partial charge in [-0.15, -0.1) is 0 Å². The molecule has 2 heterocycles. The SMILES string of the molecule is Cc1c(O)c(C(=O)c2c(F)c(F)c(F)c(F)c2C(=O)O)c(C)c2c1N(C)C(C)(C)C(C)(C)C2(C)C.Cc1cc(O)c(C)c2c1C(C)(C)C(C)(C)C(C)(C)N2C. The molecule has 3 aromatic rings. The van der Waals surface area contributed by atoms with E-state index in [9.17, 15) is 42.5 Å². The second-order valence-corrected chi connectivity index (χ2v) is 18.6. The number of phenolic OH excluding ortho intramolecular Hbond substituents is 2. The van der Waals surface area contributed by atoms with Gasteiger partial charge in [0.2, 0.25) is 5.78 Å². The molecule has 3 N–H and O–H groups in total. The number of ketones is 1. The Morgan fingerprint density at radius 3 is 1.36 bits per heavy atom. The highest BCUT2D eigenvalue weighted by atomic mass is 19.2. The van der Waals surface area contributed by atoms with Crippen LogP contribution >= 0.6 is 0 Å². The maximum Gasteiger partial charge on any atom is 0.339 e. The van der Waals surface area contributed by atoms with Gasteiger partial charge in [0, 0.05) is 47.7 Å². The highest BCUT2D eigenvalue weighted by Crippen LogP contribution is 2.61. The average Bonchev–Trinajstić information content (AvgIpc) is 3.05. The first-order valence-corrected chi connectivity index (χ1v) is 18.5. The number of aromatic carboxylic acids is 1. The van der Waals surface area contributed by atoms with Gasteiger partial charge in [-0.25, -0.2) is 22.4 Å². The number of aryl methyl sites for hydroxylation is 1. The van der Waals surface area contributed by atoms with Crippen molar-refractivity contribution in [3.05, 3.63) is 79.4 Å². The number of carboxylic acids is 1. The van der Waals surface area contributed by atoms with Gasteiger partial charge in [-0.1, -0.05) is 55.4 Å². The lowest BCUT2D eigenvalue weighted by Crippen LogP contribution is -2.63. The number of hydrogen-bond acceptors (Lipinski definition) is 6. The highest BCUT2D eigenvalue weighted by molar-refractivity contribution is 6.17. The number of fused-ring (bicyclic) bond motifs is 2. The zero-order chi connectivity index (χ0) is 42.8. The fourth-order valence-corrected chi connectivity index (χ4v) is 9.24. The van der Waals surface area contributed by atoms with Crippen LogP contribution in [0.5, 0.6) is 11.5 Å². The van der Waals surface area contributed by atoms with Crippen molar-refractivity contribution >= 4 is 23.1 Å². The Morgan fingerprint density at radius 2 is 0.945 bits per heavy atom. The lowest BCUT2D eigenvalue weighted by atomic mass is 9.52. The summed E-state index contributed by atoms with van der Waals surface area (Å²) in [5.41, 5.74) is 1.54. The summed E-state index contributed by atoms with van der Waals surface area (Å²) < 4.78 is 57.0. The minimum Gasteiger partial charge on any atom is -0.508 e. The first-order valence-electron chi connectivity index (χ1n) is 18.5. The smallest absolute Gasteiger partial charge is 0.339 e. The lowest BCUT2D eigenvalue weighted by Gasteiger charge is -2.62. The van der Waals surface area contributed by atoms with E-state index in [4.69, 9.17) is 0 Å². The summed E-state index contributed by atoms with van der Waals surface area (Å²) in [5.74, 6) is -12.8. The third-order valence-corrected chi connectivity index (χ3v) is 15.4. The Morgan fingerprint density at radius 1 is 0.564 bits per heavy atom. The molecule has 0 radical (unpaired) electrons. The van der Waals surface area contributed by atoms with Gasteiger partial charge in [-0.05, 0) is 105 Å². The van der Waals surface area contributed by atoms with Crippen molar-refractivity contribution in [2.75, 3.05) is 23.9 Å². The molecule has 55 heavy (non-hydrogen) atoms. The molecule has 0 unspecified atom stereocenters. The Labute approximate surface area is 323 Å². The van der Waals surface area contributed by atoms with Gasteiger partial charge in [0.15, 0.2) is 23.3 Å². The van der Waals surface area contributed by atoms with Crippen molar-refractivity contribution in [3.8, 4) is 11.5 Å². The number of carboxylic acid groups (broad SMARTS) is 1. The van der Waals surface area contributed by atoms with Crippen molar-refractivity contribution < 1.29 is 42.5 Å². The number of aromatic hydroxyl groups is 2. The molecule has 2 aliphatic rings. The lowest BCUT2D eigenvalue weighted by molar-refractivity contribution is 0.0684. The van der Waals surface area contributed by atoms with Gasteiger partial charge in [-0.2, -0.15) is 0 Å². The summed E-state index contributed by atoms with van der Waals surface area (Å²) in [6.45, 7) is 33.3. The molecule has 11 heteroatoms. The number of carbonyl (C=O) groups is 2. The van der Waals surface area contributed by atoms with E-state index in [1.807, 2.05) is 66.5 Å². The second-order valence-electron chi connectivity index (χ2n) is 18.6. The normalized spacial score (nSPS) is 19.5. The van der Waals surface area contributed by atoms with E-state index in [2.05, 4.69) is 60.4 Å². The third-order valence-electron chi connectivity index (χ3n) is 15.4. The summed E-state index contributed by atoms with van der Waals surface area (Å²) in [6, 6.07) is 1.91. The maximum atomic E-state index is 14.8. The van der Waals surface area contributed by atoms with E-state index in [0.29, 0.717) is 17.0 Å². The van der Waals surface area contributed by atoms with Crippen LogP contribution in [0, 0.1) is 61.8 Å². The topological polar surface area (TPSA) is 101 Å². The molecule has 5 rings (SSSR count). The summed E-state index contributed by atoms with van der Waals surface area (Å²) in [7, 11) is 4.00. The highest BCUT2D eigenvalue weighted by Gasteiger charge is 2.58. The summed E-state index contributed by atoms with van der Waals surface area (Å²) in [5, 5.41) is 30.7. The molecule has 302 valence electrons. The van der Waals surface area contributed by atoms with Gasteiger partial charge in [0.05, 0.1) is 11.1 Å². The predicted molar refractivity (Wildman–Crippen MR) is 210 cm³/mol. The van der Waals surface area contributed by atoms with Crippen molar-refractivity contribution in [3.63, 3.8) is 0 Å². The van der Waals surface area contributed by atoms with Crippen LogP contribution in [-0.4, -0.2) is 52.2 Å². The molecule has 0 saturated carbocycles. The number of benzene rings is 3. The van der Waals surface area contributed by atoms with Gasteiger partial charge in [0.25, 0.3) is 0 Å². The maximum absolute atomic E-state index is 14.8. The molecule has 2 aliphatic heterocycles.